The van der Waals surface area contributed by atoms with Gasteiger partial charge in [-0.3, -0.25) is 9.69 Å². The molecule has 1 saturated heterocycles. The number of benzene rings is 1. The molecule has 104 valence electrons. The van der Waals surface area contributed by atoms with Crippen molar-refractivity contribution < 1.29 is 9.53 Å². The highest BCUT2D eigenvalue weighted by molar-refractivity contribution is 9.10. The molecule has 1 atom stereocenters. The fourth-order valence-corrected chi connectivity index (χ4v) is 2.53. The normalized spacial score (nSPS) is 20.2. The molecule has 1 N–H and O–H groups in total. The third kappa shape index (κ3) is 4.30. The summed E-state index contributed by atoms with van der Waals surface area (Å²) >= 11 is 3.36. The molecule has 1 aromatic carbocycles. The Hall–Kier alpha value is -0.910. The molecule has 1 heterocycles. The minimum atomic E-state index is -0.0569. The highest BCUT2D eigenvalue weighted by Gasteiger charge is 2.19. The van der Waals surface area contributed by atoms with Crippen LogP contribution in [0.25, 0.3) is 0 Å². The van der Waals surface area contributed by atoms with Gasteiger partial charge in [0.15, 0.2) is 0 Å². The van der Waals surface area contributed by atoms with Gasteiger partial charge < -0.3 is 10.1 Å². The lowest BCUT2D eigenvalue weighted by molar-refractivity contribution is -0.0246. The number of rotatable bonds is 4. The topological polar surface area (TPSA) is 41.6 Å². The summed E-state index contributed by atoms with van der Waals surface area (Å²) < 4.78 is 6.56. The highest BCUT2D eigenvalue weighted by Crippen LogP contribution is 2.11. The molecule has 0 spiro atoms. The van der Waals surface area contributed by atoms with Gasteiger partial charge in [0.2, 0.25) is 0 Å². The molecule has 1 fully saturated rings. The van der Waals surface area contributed by atoms with E-state index in [0.717, 1.165) is 30.7 Å². The molecule has 1 amide bonds. The van der Waals surface area contributed by atoms with Gasteiger partial charge in [-0.05, 0) is 24.7 Å². The standard InChI is InChI=1S/C14H19BrN2O2/c1-2-17-6-7-19-13(10-17)9-16-14(18)11-4-3-5-12(15)8-11/h3-5,8,13H,2,6-7,9-10H2,1H3,(H,16,18). The molecular weight excluding hydrogens is 308 g/mol. The molecule has 0 aliphatic carbocycles. The van der Waals surface area contributed by atoms with Crippen molar-refractivity contribution >= 4 is 21.8 Å². The number of hydrogen-bond acceptors (Lipinski definition) is 3. The Morgan fingerprint density at radius 2 is 2.42 bits per heavy atom. The monoisotopic (exact) mass is 326 g/mol. The van der Waals surface area contributed by atoms with E-state index in [4.69, 9.17) is 4.74 Å². The molecule has 1 unspecified atom stereocenters. The van der Waals surface area contributed by atoms with Gasteiger partial charge in [0.1, 0.15) is 0 Å². The summed E-state index contributed by atoms with van der Waals surface area (Å²) in [7, 11) is 0. The Morgan fingerprint density at radius 1 is 1.58 bits per heavy atom. The van der Waals surface area contributed by atoms with Crippen LogP contribution in [0.3, 0.4) is 0 Å². The quantitative estimate of drug-likeness (QED) is 0.918. The summed E-state index contributed by atoms with van der Waals surface area (Å²) in [5.41, 5.74) is 0.664. The first-order valence-electron chi connectivity index (χ1n) is 6.56. The van der Waals surface area contributed by atoms with Crippen LogP contribution < -0.4 is 5.32 Å². The number of likely N-dealkylation sites (N-methyl/N-ethyl adjacent to an activating group) is 1. The minimum absolute atomic E-state index is 0.0569. The molecule has 0 saturated carbocycles. The van der Waals surface area contributed by atoms with E-state index in [1.165, 1.54) is 0 Å². The first-order chi connectivity index (χ1) is 9.19. The average molecular weight is 327 g/mol. The Bertz CT molecular complexity index is 439. The van der Waals surface area contributed by atoms with Crippen molar-refractivity contribution in [3.63, 3.8) is 0 Å². The van der Waals surface area contributed by atoms with Gasteiger partial charge in [-0.2, -0.15) is 0 Å². The van der Waals surface area contributed by atoms with Crippen LogP contribution in [0.15, 0.2) is 28.7 Å². The number of carbonyl (C=O) groups excluding carboxylic acids is 1. The van der Waals surface area contributed by atoms with Gasteiger partial charge in [-0.25, -0.2) is 0 Å². The lowest BCUT2D eigenvalue weighted by Gasteiger charge is -2.32. The van der Waals surface area contributed by atoms with Crippen LogP contribution in [-0.4, -0.2) is 49.7 Å². The van der Waals surface area contributed by atoms with Gasteiger partial charge in [-0.15, -0.1) is 0 Å². The Kier molecular flexibility index (Phi) is 5.36. The molecule has 1 aliphatic heterocycles. The number of ether oxygens (including phenoxy) is 1. The van der Waals surface area contributed by atoms with E-state index in [0.29, 0.717) is 12.1 Å². The first kappa shape index (κ1) is 14.5. The number of nitrogens with zero attached hydrogens (tertiary/aromatic N) is 1. The predicted octanol–water partition coefficient (Wildman–Crippen LogP) is 1.90. The minimum Gasteiger partial charge on any atom is -0.374 e. The maximum absolute atomic E-state index is 12.0. The number of nitrogens with one attached hydrogen (secondary N) is 1. The zero-order valence-electron chi connectivity index (χ0n) is 11.1. The summed E-state index contributed by atoms with van der Waals surface area (Å²) in [4.78, 5) is 14.3. The van der Waals surface area contributed by atoms with Crippen molar-refractivity contribution in [2.45, 2.75) is 13.0 Å². The zero-order valence-corrected chi connectivity index (χ0v) is 12.6. The van der Waals surface area contributed by atoms with E-state index >= 15 is 0 Å². The average Bonchev–Trinajstić information content (AvgIpc) is 2.45. The van der Waals surface area contributed by atoms with Crippen LogP contribution in [0.5, 0.6) is 0 Å². The fourth-order valence-electron chi connectivity index (χ4n) is 2.13. The number of amides is 1. The molecule has 5 heteroatoms. The third-order valence-corrected chi connectivity index (χ3v) is 3.74. The van der Waals surface area contributed by atoms with Crippen LogP contribution >= 0.6 is 15.9 Å². The van der Waals surface area contributed by atoms with E-state index in [2.05, 4.69) is 33.1 Å². The Morgan fingerprint density at radius 3 is 3.16 bits per heavy atom. The summed E-state index contributed by atoms with van der Waals surface area (Å²) in [6.45, 7) is 6.33. The van der Waals surface area contributed by atoms with Crippen LogP contribution in [-0.2, 0) is 4.74 Å². The van der Waals surface area contributed by atoms with Gasteiger partial charge >= 0.3 is 0 Å². The molecular formula is C14H19BrN2O2. The number of carbonyl (C=O) groups is 1. The third-order valence-electron chi connectivity index (χ3n) is 3.25. The van der Waals surface area contributed by atoms with Crippen molar-refractivity contribution in [2.24, 2.45) is 0 Å². The molecule has 19 heavy (non-hydrogen) atoms. The van der Waals surface area contributed by atoms with Gasteiger partial charge in [0, 0.05) is 29.7 Å². The van der Waals surface area contributed by atoms with Crippen LogP contribution in [0.2, 0.25) is 0 Å². The second-order valence-electron chi connectivity index (χ2n) is 4.61. The van der Waals surface area contributed by atoms with Crippen LogP contribution in [0, 0.1) is 0 Å². The maximum Gasteiger partial charge on any atom is 0.251 e. The second-order valence-corrected chi connectivity index (χ2v) is 5.52. The lowest BCUT2D eigenvalue weighted by Crippen LogP contribution is -2.47. The van der Waals surface area contributed by atoms with Crippen molar-refractivity contribution in [1.29, 1.82) is 0 Å². The molecule has 2 rings (SSSR count). The SMILES string of the molecule is CCN1CCOC(CNC(=O)c2cccc(Br)c2)C1. The smallest absolute Gasteiger partial charge is 0.251 e. The molecule has 4 nitrogen and oxygen atoms in total. The molecule has 1 aromatic rings. The van der Waals surface area contributed by atoms with Crippen molar-refractivity contribution in [1.82, 2.24) is 10.2 Å². The second kappa shape index (κ2) is 7.03. The summed E-state index contributed by atoms with van der Waals surface area (Å²) in [6.07, 6.45) is 0.0878. The summed E-state index contributed by atoms with van der Waals surface area (Å²) in [5.74, 6) is -0.0569. The number of hydrogen-bond donors (Lipinski definition) is 1. The van der Waals surface area contributed by atoms with E-state index in [-0.39, 0.29) is 12.0 Å². The van der Waals surface area contributed by atoms with Crippen molar-refractivity contribution in [3.8, 4) is 0 Å². The van der Waals surface area contributed by atoms with Gasteiger partial charge in [0.25, 0.3) is 5.91 Å². The maximum atomic E-state index is 12.0. The van der Waals surface area contributed by atoms with Crippen LogP contribution in [0.4, 0.5) is 0 Å². The molecule has 0 radical (unpaired) electrons. The van der Waals surface area contributed by atoms with Crippen LogP contribution in [0.1, 0.15) is 17.3 Å². The van der Waals surface area contributed by atoms with E-state index < -0.39 is 0 Å². The fraction of sp³-hybridized carbons (Fsp3) is 0.500. The Labute approximate surface area is 122 Å². The van der Waals surface area contributed by atoms with Crippen molar-refractivity contribution in [2.75, 3.05) is 32.8 Å². The van der Waals surface area contributed by atoms with E-state index in [9.17, 15) is 4.79 Å². The summed E-state index contributed by atoms with van der Waals surface area (Å²) in [6, 6.07) is 7.38. The first-order valence-corrected chi connectivity index (χ1v) is 7.36. The van der Waals surface area contributed by atoms with E-state index in [1.54, 1.807) is 6.07 Å². The molecule has 0 bridgehead atoms. The number of morpholine rings is 1. The summed E-state index contributed by atoms with van der Waals surface area (Å²) in [5, 5.41) is 2.93. The Balaban J connectivity index is 1.83. The van der Waals surface area contributed by atoms with E-state index in [1.807, 2.05) is 18.2 Å². The highest BCUT2D eigenvalue weighted by atomic mass is 79.9. The molecule has 0 aromatic heterocycles. The largest absolute Gasteiger partial charge is 0.374 e. The lowest BCUT2D eigenvalue weighted by atomic mass is 10.2. The predicted molar refractivity (Wildman–Crippen MR) is 78.3 cm³/mol. The number of halogens is 1. The molecule has 1 aliphatic rings. The van der Waals surface area contributed by atoms with Gasteiger partial charge in [0.05, 0.1) is 12.7 Å². The van der Waals surface area contributed by atoms with Crippen molar-refractivity contribution in [3.05, 3.63) is 34.3 Å². The van der Waals surface area contributed by atoms with Gasteiger partial charge in [-0.1, -0.05) is 28.9 Å². The zero-order chi connectivity index (χ0) is 13.7.